The highest BCUT2D eigenvalue weighted by Crippen LogP contribution is 2.28. The van der Waals surface area contributed by atoms with Crippen LogP contribution in [0.5, 0.6) is 0 Å². The predicted octanol–water partition coefficient (Wildman–Crippen LogP) is 2.40. The van der Waals surface area contributed by atoms with Gasteiger partial charge in [0.1, 0.15) is 6.04 Å². The number of anilines is 1. The molecule has 100 valence electrons. The van der Waals surface area contributed by atoms with E-state index in [0.29, 0.717) is 16.2 Å². The van der Waals surface area contributed by atoms with Gasteiger partial charge in [0.2, 0.25) is 0 Å². The number of ether oxygens (including phenoxy) is 1. The third kappa shape index (κ3) is 2.94. The zero-order valence-corrected chi connectivity index (χ0v) is 11.0. The molecule has 5 nitrogen and oxygen atoms in total. The van der Waals surface area contributed by atoms with Crippen LogP contribution in [0.2, 0.25) is 5.02 Å². The first kappa shape index (κ1) is 13.6. The average molecular weight is 281 g/mol. The summed E-state index contributed by atoms with van der Waals surface area (Å²) in [5.41, 5.74) is 1.25. The van der Waals surface area contributed by atoms with Crippen LogP contribution in [0.3, 0.4) is 0 Å². The smallest absolute Gasteiger partial charge is 0.328 e. The molecule has 1 aromatic heterocycles. The number of carboxylic acid groups (broad SMARTS) is 1. The highest BCUT2D eigenvalue weighted by Gasteiger charge is 2.18. The molecule has 0 saturated carbocycles. The number of halogens is 1. The van der Waals surface area contributed by atoms with Crippen molar-refractivity contribution in [2.75, 3.05) is 19.0 Å². The van der Waals surface area contributed by atoms with Gasteiger partial charge in [0.25, 0.3) is 0 Å². The van der Waals surface area contributed by atoms with Gasteiger partial charge in [-0.3, -0.25) is 4.98 Å². The van der Waals surface area contributed by atoms with Gasteiger partial charge in [-0.15, -0.1) is 0 Å². The Kier molecular flexibility index (Phi) is 4.19. The maximum atomic E-state index is 11.1. The summed E-state index contributed by atoms with van der Waals surface area (Å²) >= 11 is 6.08. The monoisotopic (exact) mass is 280 g/mol. The number of hydrogen-bond donors (Lipinski definition) is 2. The van der Waals surface area contributed by atoms with E-state index in [1.807, 2.05) is 6.07 Å². The van der Waals surface area contributed by atoms with Crippen molar-refractivity contribution in [3.63, 3.8) is 0 Å². The molecule has 1 heterocycles. The van der Waals surface area contributed by atoms with Gasteiger partial charge in [0, 0.05) is 18.7 Å². The second kappa shape index (κ2) is 5.86. The van der Waals surface area contributed by atoms with Crippen LogP contribution in [0.1, 0.15) is 0 Å². The van der Waals surface area contributed by atoms with E-state index in [4.69, 9.17) is 21.4 Å². The summed E-state index contributed by atoms with van der Waals surface area (Å²) in [6.45, 7) is 0.0618. The molecule has 0 aliphatic rings. The predicted molar refractivity (Wildman–Crippen MR) is 73.7 cm³/mol. The minimum absolute atomic E-state index is 0.0618. The summed E-state index contributed by atoms with van der Waals surface area (Å²) in [7, 11) is 1.45. The second-order valence-corrected chi connectivity index (χ2v) is 4.39. The van der Waals surface area contributed by atoms with E-state index in [1.165, 1.54) is 7.11 Å². The van der Waals surface area contributed by atoms with Gasteiger partial charge in [-0.05, 0) is 24.3 Å². The number of aromatic nitrogens is 1. The van der Waals surface area contributed by atoms with Gasteiger partial charge in [0.15, 0.2) is 0 Å². The van der Waals surface area contributed by atoms with E-state index in [0.717, 1.165) is 5.39 Å². The second-order valence-electron chi connectivity index (χ2n) is 3.99. The number of rotatable bonds is 5. The normalized spacial score (nSPS) is 12.3. The van der Waals surface area contributed by atoms with Crippen molar-refractivity contribution >= 4 is 34.2 Å². The number of aliphatic carboxylic acids is 1. The molecule has 2 N–H and O–H groups in total. The molecule has 2 rings (SSSR count). The molecule has 1 aromatic carbocycles. The first-order valence-corrected chi connectivity index (χ1v) is 6.03. The zero-order valence-electron chi connectivity index (χ0n) is 10.3. The fraction of sp³-hybridized carbons (Fsp3) is 0.231. The quantitative estimate of drug-likeness (QED) is 0.880. The van der Waals surface area contributed by atoms with Crippen LogP contribution in [0.25, 0.3) is 10.9 Å². The molecule has 19 heavy (non-hydrogen) atoms. The fourth-order valence-corrected chi connectivity index (χ4v) is 2.00. The molecule has 0 saturated heterocycles. The Bertz CT molecular complexity index is 603. The number of benzene rings is 1. The van der Waals surface area contributed by atoms with Gasteiger partial charge in [-0.1, -0.05) is 11.6 Å². The number of fused-ring (bicyclic) bond motifs is 1. The maximum absolute atomic E-state index is 11.1. The Labute approximate surface area is 115 Å². The number of nitrogens with zero attached hydrogens (tertiary/aromatic N) is 1. The van der Waals surface area contributed by atoms with Crippen molar-refractivity contribution in [2.24, 2.45) is 0 Å². The molecule has 0 aliphatic carbocycles. The van der Waals surface area contributed by atoms with Crippen LogP contribution < -0.4 is 5.32 Å². The van der Waals surface area contributed by atoms with Crippen molar-refractivity contribution in [3.8, 4) is 0 Å². The van der Waals surface area contributed by atoms with Crippen LogP contribution >= 0.6 is 11.6 Å². The maximum Gasteiger partial charge on any atom is 0.328 e. The summed E-state index contributed by atoms with van der Waals surface area (Å²) in [6.07, 6.45) is 1.63. The lowest BCUT2D eigenvalue weighted by Gasteiger charge is -2.16. The van der Waals surface area contributed by atoms with Gasteiger partial charge in [0.05, 0.1) is 22.8 Å². The van der Waals surface area contributed by atoms with Gasteiger partial charge in [-0.25, -0.2) is 4.79 Å². The Morgan fingerprint density at radius 1 is 1.53 bits per heavy atom. The minimum atomic E-state index is -0.985. The lowest BCUT2D eigenvalue weighted by molar-refractivity contribution is -0.139. The molecular formula is C13H13ClN2O3. The highest BCUT2D eigenvalue weighted by atomic mass is 35.5. The van der Waals surface area contributed by atoms with E-state index in [-0.39, 0.29) is 6.61 Å². The summed E-state index contributed by atoms with van der Waals surface area (Å²) in [4.78, 5) is 15.3. The summed E-state index contributed by atoms with van der Waals surface area (Å²) in [6, 6.07) is 6.20. The molecule has 6 heteroatoms. The van der Waals surface area contributed by atoms with E-state index in [9.17, 15) is 4.79 Å². The molecular weight excluding hydrogens is 268 g/mol. The number of hydrogen-bond acceptors (Lipinski definition) is 4. The topological polar surface area (TPSA) is 71.5 Å². The molecule has 1 unspecified atom stereocenters. The van der Waals surface area contributed by atoms with Gasteiger partial charge in [-0.2, -0.15) is 0 Å². The van der Waals surface area contributed by atoms with Gasteiger partial charge >= 0.3 is 5.97 Å². The Hall–Kier alpha value is -1.85. The number of nitrogens with one attached hydrogen (secondary N) is 1. The van der Waals surface area contributed by atoms with E-state index >= 15 is 0 Å². The first-order valence-electron chi connectivity index (χ1n) is 5.65. The molecule has 0 bridgehead atoms. The van der Waals surface area contributed by atoms with Crippen LogP contribution in [-0.2, 0) is 9.53 Å². The Morgan fingerprint density at radius 3 is 3.00 bits per heavy atom. The average Bonchev–Trinajstić information content (AvgIpc) is 2.41. The standard InChI is InChI=1S/C13H13ClN2O3/c1-19-7-11(13(17)18)16-10-5-4-9(14)8-3-2-6-15-12(8)10/h2-6,11,16H,7H2,1H3,(H,17,18). The van der Waals surface area contributed by atoms with Crippen molar-refractivity contribution in [1.29, 1.82) is 0 Å². The van der Waals surface area contributed by atoms with Crippen molar-refractivity contribution in [1.82, 2.24) is 4.98 Å². The number of carboxylic acids is 1. The molecule has 0 spiro atoms. The van der Waals surface area contributed by atoms with E-state index in [1.54, 1.807) is 24.4 Å². The Morgan fingerprint density at radius 2 is 2.32 bits per heavy atom. The van der Waals surface area contributed by atoms with E-state index in [2.05, 4.69) is 10.3 Å². The summed E-state index contributed by atoms with van der Waals surface area (Å²) in [5, 5.41) is 13.4. The largest absolute Gasteiger partial charge is 0.480 e. The van der Waals surface area contributed by atoms with Crippen LogP contribution in [0, 0.1) is 0 Å². The van der Waals surface area contributed by atoms with Crippen molar-refractivity contribution < 1.29 is 14.6 Å². The molecule has 0 fully saturated rings. The van der Waals surface area contributed by atoms with Gasteiger partial charge < -0.3 is 15.2 Å². The lowest BCUT2D eigenvalue weighted by Crippen LogP contribution is -2.33. The van der Waals surface area contributed by atoms with Crippen LogP contribution in [-0.4, -0.2) is 35.8 Å². The number of carbonyl (C=O) groups is 1. The molecule has 0 aliphatic heterocycles. The van der Waals surface area contributed by atoms with E-state index < -0.39 is 12.0 Å². The third-order valence-electron chi connectivity index (χ3n) is 2.68. The fourth-order valence-electron chi connectivity index (χ4n) is 1.78. The molecule has 1 atom stereocenters. The minimum Gasteiger partial charge on any atom is -0.480 e. The zero-order chi connectivity index (χ0) is 13.8. The molecule has 0 amide bonds. The van der Waals surface area contributed by atoms with Crippen LogP contribution in [0.15, 0.2) is 30.5 Å². The molecule has 2 aromatic rings. The highest BCUT2D eigenvalue weighted by molar-refractivity contribution is 6.35. The van der Waals surface area contributed by atoms with Crippen molar-refractivity contribution in [2.45, 2.75) is 6.04 Å². The van der Waals surface area contributed by atoms with Crippen LogP contribution in [0.4, 0.5) is 5.69 Å². The summed E-state index contributed by atoms with van der Waals surface area (Å²) < 4.78 is 4.88. The first-order chi connectivity index (χ1) is 9.13. The summed E-state index contributed by atoms with van der Waals surface area (Å²) in [5.74, 6) is -0.985. The number of pyridine rings is 1. The SMILES string of the molecule is COCC(Nc1ccc(Cl)c2cccnc12)C(=O)O. The Balaban J connectivity index is 2.40. The lowest BCUT2D eigenvalue weighted by atomic mass is 10.1. The number of methoxy groups -OCH3 is 1. The third-order valence-corrected chi connectivity index (χ3v) is 3.01. The molecule has 0 radical (unpaired) electrons. The van der Waals surface area contributed by atoms with Crippen molar-refractivity contribution in [3.05, 3.63) is 35.5 Å².